The van der Waals surface area contributed by atoms with Crippen LogP contribution in [0.4, 0.5) is 0 Å². The van der Waals surface area contributed by atoms with Crippen molar-refractivity contribution in [2.75, 3.05) is 0 Å². The minimum atomic E-state index is -1.71. The highest BCUT2D eigenvalue weighted by Crippen LogP contribution is 2.22. The van der Waals surface area contributed by atoms with Crippen molar-refractivity contribution in [3.05, 3.63) is 33.3 Å². The molecule has 1 aromatic heterocycles. The first kappa shape index (κ1) is 20.6. The average molecular weight is 369 g/mol. The molecule has 0 aromatic carbocycles. The smallest absolute Gasteiger partial charge is 0.211 e. The van der Waals surface area contributed by atoms with E-state index >= 15 is 0 Å². The van der Waals surface area contributed by atoms with E-state index in [9.17, 15) is 0 Å². The predicted molar refractivity (Wildman–Crippen MR) is 110 cm³/mol. The van der Waals surface area contributed by atoms with Crippen molar-refractivity contribution < 1.29 is 8.85 Å². The van der Waals surface area contributed by atoms with E-state index in [1.54, 1.807) is 0 Å². The van der Waals surface area contributed by atoms with Crippen LogP contribution in [0, 0.1) is 0 Å². The predicted octanol–water partition coefficient (Wildman–Crippen LogP) is 6.11. The number of thiophene rings is 1. The van der Waals surface area contributed by atoms with E-state index in [0.29, 0.717) is 0 Å². The molecule has 0 unspecified atom stereocenters. The van der Waals surface area contributed by atoms with Crippen molar-refractivity contribution >= 4 is 40.1 Å². The number of hydrogen-bond donors (Lipinski definition) is 0. The molecular formula is C18H32O2SSi2. The van der Waals surface area contributed by atoms with Crippen molar-refractivity contribution in [3.8, 4) is 0 Å². The zero-order chi connectivity index (χ0) is 17.7. The van der Waals surface area contributed by atoms with Crippen LogP contribution in [0.5, 0.6) is 0 Å². The fourth-order valence-corrected chi connectivity index (χ4v) is 7.21. The maximum atomic E-state index is 6.03. The SMILES string of the molecule is CC(C)O[Si](C)(C)/C=C/c1ccc(/C=C/[Si](C)(C)OC(C)C)s1. The molecule has 0 aliphatic rings. The molecule has 2 nitrogen and oxygen atoms in total. The molecule has 23 heavy (non-hydrogen) atoms. The third kappa shape index (κ3) is 8.81. The fourth-order valence-electron chi connectivity index (χ4n) is 2.41. The van der Waals surface area contributed by atoms with Gasteiger partial charge in [0.15, 0.2) is 0 Å². The van der Waals surface area contributed by atoms with Crippen molar-refractivity contribution in [2.24, 2.45) is 0 Å². The van der Waals surface area contributed by atoms with Crippen LogP contribution in [0.3, 0.4) is 0 Å². The third-order valence-corrected chi connectivity index (χ3v) is 8.14. The standard InChI is InChI=1S/C18H32O2SSi2/c1-15(2)19-22(5,6)13-11-17-9-10-18(21-17)12-14-23(7,8)20-16(3)4/h9-16H,1-8H3/b13-11+,14-12+. The van der Waals surface area contributed by atoms with E-state index in [-0.39, 0.29) is 12.2 Å². The van der Waals surface area contributed by atoms with Gasteiger partial charge in [0.05, 0.1) is 0 Å². The molecule has 0 atom stereocenters. The van der Waals surface area contributed by atoms with Crippen LogP contribution in [0.1, 0.15) is 37.4 Å². The van der Waals surface area contributed by atoms with Gasteiger partial charge in [-0.25, -0.2) is 0 Å². The zero-order valence-electron chi connectivity index (χ0n) is 15.8. The van der Waals surface area contributed by atoms with E-state index in [0.717, 1.165) is 0 Å². The van der Waals surface area contributed by atoms with Crippen LogP contribution >= 0.6 is 11.3 Å². The molecule has 0 radical (unpaired) electrons. The van der Waals surface area contributed by atoms with E-state index in [2.05, 4.69) is 89.6 Å². The first-order valence-corrected chi connectivity index (χ1v) is 15.1. The molecule has 0 N–H and O–H groups in total. The summed E-state index contributed by atoms with van der Waals surface area (Å²) in [7, 11) is -3.42. The lowest BCUT2D eigenvalue weighted by atomic mass is 10.4. The Morgan fingerprint density at radius 2 is 1.13 bits per heavy atom. The first-order chi connectivity index (χ1) is 10.5. The van der Waals surface area contributed by atoms with Gasteiger partial charge < -0.3 is 8.85 Å². The molecule has 0 saturated carbocycles. The Morgan fingerprint density at radius 3 is 1.43 bits per heavy atom. The van der Waals surface area contributed by atoms with Gasteiger partial charge in [-0.2, -0.15) is 0 Å². The molecule has 1 rings (SSSR count). The number of hydrogen-bond acceptors (Lipinski definition) is 3. The van der Waals surface area contributed by atoms with Gasteiger partial charge in [0.2, 0.25) is 16.6 Å². The maximum Gasteiger partial charge on any atom is 0.211 e. The van der Waals surface area contributed by atoms with Gasteiger partial charge >= 0.3 is 0 Å². The molecular weight excluding hydrogens is 336 g/mol. The average Bonchev–Trinajstić information content (AvgIpc) is 2.79. The van der Waals surface area contributed by atoms with E-state index in [1.165, 1.54) is 9.75 Å². The highest BCUT2D eigenvalue weighted by Gasteiger charge is 2.20. The Bertz CT molecular complexity index is 496. The lowest BCUT2D eigenvalue weighted by molar-refractivity contribution is 0.237. The first-order valence-electron chi connectivity index (χ1n) is 8.33. The molecule has 1 aromatic rings. The quantitative estimate of drug-likeness (QED) is 0.515. The van der Waals surface area contributed by atoms with Crippen molar-refractivity contribution in [1.29, 1.82) is 0 Å². The Hall–Kier alpha value is -0.466. The third-order valence-electron chi connectivity index (χ3n) is 3.02. The summed E-state index contributed by atoms with van der Waals surface area (Å²) < 4.78 is 12.1. The summed E-state index contributed by atoms with van der Waals surface area (Å²) in [6.45, 7) is 17.3. The van der Waals surface area contributed by atoms with Crippen LogP contribution in [0.25, 0.3) is 12.2 Å². The Labute approximate surface area is 148 Å². The molecule has 5 heteroatoms. The normalized spacial score (nSPS) is 14.0. The summed E-state index contributed by atoms with van der Waals surface area (Å²) in [4.78, 5) is 2.56. The second-order valence-corrected chi connectivity index (χ2v) is 16.1. The topological polar surface area (TPSA) is 18.5 Å². The molecule has 0 aliphatic carbocycles. The summed E-state index contributed by atoms with van der Waals surface area (Å²) >= 11 is 1.81. The second-order valence-electron chi connectivity index (χ2n) is 7.45. The van der Waals surface area contributed by atoms with Gasteiger partial charge in [0.1, 0.15) is 0 Å². The zero-order valence-corrected chi connectivity index (χ0v) is 18.7. The van der Waals surface area contributed by atoms with E-state index < -0.39 is 16.6 Å². The van der Waals surface area contributed by atoms with Gasteiger partial charge in [-0.3, -0.25) is 0 Å². The summed E-state index contributed by atoms with van der Waals surface area (Å²) in [5.41, 5.74) is 4.54. The highest BCUT2D eigenvalue weighted by molar-refractivity contribution is 7.13. The van der Waals surface area contributed by atoms with Gasteiger partial charge in [-0.1, -0.05) is 23.6 Å². The molecule has 0 amide bonds. The van der Waals surface area contributed by atoms with Crippen LogP contribution in [-0.4, -0.2) is 28.8 Å². The Morgan fingerprint density at radius 1 is 0.783 bits per heavy atom. The van der Waals surface area contributed by atoms with E-state index in [1.807, 2.05) is 11.3 Å². The minimum absolute atomic E-state index is 0.288. The molecule has 130 valence electrons. The molecule has 0 saturated heterocycles. The fraction of sp³-hybridized carbons (Fsp3) is 0.556. The van der Waals surface area contributed by atoms with Gasteiger partial charge in [-0.05, 0) is 66.0 Å². The van der Waals surface area contributed by atoms with Gasteiger partial charge in [0.25, 0.3) is 0 Å². The molecule has 0 spiro atoms. The van der Waals surface area contributed by atoms with Gasteiger partial charge in [0, 0.05) is 22.0 Å². The summed E-state index contributed by atoms with van der Waals surface area (Å²) in [6.07, 6.45) is 5.00. The molecule has 1 heterocycles. The lowest BCUT2D eigenvalue weighted by Gasteiger charge is -2.21. The summed E-state index contributed by atoms with van der Waals surface area (Å²) in [5.74, 6) is 0. The minimum Gasteiger partial charge on any atom is -0.411 e. The maximum absolute atomic E-state index is 6.03. The van der Waals surface area contributed by atoms with Crippen LogP contribution in [0.15, 0.2) is 23.5 Å². The largest absolute Gasteiger partial charge is 0.411 e. The monoisotopic (exact) mass is 368 g/mol. The second kappa shape index (κ2) is 8.58. The van der Waals surface area contributed by atoms with E-state index in [4.69, 9.17) is 8.85 Å². The molecule has 0 bridgehead atoms. The van der Waals surface area contributed by atoms with Crippen molar-refractivity contribution in [2.45, 2.75) is 66.1 Å². The van der Waals surface area contributed by atoms with Crippen molar-refractivity contribution in [3.63, 3.8) is 0 Å². The molecule has 0 aliphatic heterocycles. The van der Waals surface area contributed by atoms with Crippen LogP contribution in [-0.2, 0) is 8.85 Å². The highest BCUT2D eigenvalue weighted by atomic mass is 32.1. The van der Waals surface area contributed by atoms with Crippen LogP contribution in [0.2, 0.25) is 26.2 Å². The van der Waals surface area contributed by atoms with Crippen molar-refractivity contribution in [1.82, 2.24) is 0 Å². The Kier molecular flexibility index (Phi) is 7.67. The summed E-state index contributed by atoms with van der Waals surface area (Å²) in [5, 5.41) is 0. The number of rotatable bonds is 8. The van der Waals surface area contributed by atoms with Crippen LogP contribution < -0.4 is 0 Å². The lowest BCUT2D eigenvalue weighted by Crippen LogP contribution is -2.31. The van der Waals surface area contributed by atoms with Gasteiger partial charge in [-0.15, -0.1) is 11.3 Å². The Balaban J connectivity index is 2.71. The molecule has 0 fully saturated rings. The summed E-state index contributed by atoms with van der Waals surface area (Å²) in [6, 6.07) is 4.36.